The highest BCUT2D eigenvalue weighted by molar-refractivity contribution is 5.47. The molecule has 0 atom stereocenters. The van der Waals surface area contributed by atoms with Crippen LogP contribution in [0.3, 0.4) is 0 Å². The molecule has 0 saturated carbocycles. The molecule has 0 N–H and O–H groups in total. The summed E-state index contributed by atoms with van der Waals surface area (Å²) >= 11 is 0. The molecule has 3 aromatic rings. The van der Waals surface area contributed by atoms with Gasteiger partial charge in [0.15, 0.2) is 0 Å². The molecule has 0 bridgehead atoms. The Balaban J connectivity index is 2.25. The molecule has 0 aliphatic carbocycles. The van der Waals surface area contributed by atoms with Crippen LogP contribution in [-0.4, -0.2) is 13.9 Å². The highest BCUT2D eigenvalue weighted by Gasteiger charge is 2.37. The largest absolute Gasteiger partial charge is 0.359 e. The van der Waals surface area contributed by atoms with Gasteiger partial charge in [-0.2, -0.15) is 0 Å². The van der Waals surface area contributed by atoms with Gasteiger partial charge in [0.2, 0.25) is 0 Å². The van der Waals surface area contributed by atoms with Crippen LogP contribution in [0.1, 0.15) is 16.7 Å². The van der Waals surface area contributed by atoms with Crippen molar-refractivity contribution < 1.29 is 9.47 Å². The quantitative estimate of drug-likeness (QED) is 0.489. The van der Waals surface area contributed by atoms with Crippen molar-refractivity contribution in [2.75, 3.05) is 13.9 Å². The summed E-state index contributed by atoms with van der Waals surface area (Å²) in [5, 5.41) is 0. The Labute approximate surface area is 137 Å². The minimum atomic E-state index is -0.695. The number of hydrogen-bond acceptors (Lipinski definition) is 2. The Bertz CT molecular complexity index is 612. The summed E-state index contributed by atoms with van der Waals surface area (Å²) in [7, 11) is 1.64. The van der Waals surface area contributed by atoms with E-state index in [-0.39, 0.29) is 6.79 Å². The van der Waals surface area contributed by atoms with Gasteiger partial charge in [-0.05, 0) is 16.7 Å². The lowest BCUT2D eigenvalue weighted by atomic mass is 9.80. The van der Waals surface area contributed by atoms with Gasteiger partial charge in [0.25, 0.3) is 0 Å². The van der Waals surface area contributed by atoms with Crippen molar-refractivity contribution in [3.8, 4) is 0 Å². The Morgan fingerprint density at radius 3 is 1.26 bits per heavy atom. The Kier molecular flexibility index (Phi) is 4.86. The molecular weight excluding hydrogens is 284 g/mol. The van der Waals surface area contributed by atoms with Gasteiger partial charge in [-0.25, -0.2) is 0 Å². The Hall–Kier alpha value is -2.42. The van der Waals surface area contributed by atoms with Crippen LogP contribution in [0.4, 0.5) is 0 Å². The summed E-state index contributed by atoms with van der Waals surface area (Å²) < 4.78 is 11.6. The normalized spacial score (nSPS) is 11.3. The molecule has 3 rings (SSSR count). The van der Waals surface area contributed by atoms with E-state index < -0.39 is 5.60 Å². The predicted octanol–water partition coefficient (Wildman–Crippen LogP) is 4.60. The van der Waals surface area contributed by atoms with Crippen LogP contribution >= 0.6 is 0 Å². The first-order valence-electron chi connectivity index (χ1n) is 7.67. The summed E-state index contributed by atoms with van der Waals surface area (Å²) in [5.74, 6) is 0. The standard InChI is InChI=1S/C21H20O2/c1-22-17-23-21(18-11-5-2-6-12-18,19-13-7-3-8-14-19)20-15-9-4-10-16-20/h2-16H,17H2,1H3. The van der Waals surface area contributed by atoms with E-state index in [4.69, 9.17) is 9.47 Å². The molecule has 0 radical (unpaired) electrons. The molecule has 116 valence electrons. The van der Waals surface area contributed by atoms with E-state index >= 15 is 0 Å². The van der Waals surface area contributed by atoms with Crippen LogP contribution in [0.15, 0.2) is 91.0 Å². The van der Waals surface area contributed by atoms with Gasteiger partial charge in [-0.15, -0.1) is 0 Å². The summed E-state index contributed by atoms with van der Waals surface area (Å²) in [5.41, 5.74) is 2.54. The zero-order chi connectivity index (χ0) is 16.0. The summed E-state index contributed by atoms with van der Waals surface area (Å²) in [6.07, 6.45) is 0. The molecule has 0 unspecified atom stereocenters. The van der Waals surface area contributed by atoms with Crippen molar-refractivity contribution in [1.29, 1.82) is 0 Å². The average Bonchev–Trinajstić information content (AvgIpc) is 2.65. The third kappa shape index (κ3) is 3.04. The molecule has 2 heteroatoms. The van der Waals surface area contributed by atoms with E-state index in [1.807, 2.05) is 54.6 Å². The smallest absolute Gasteiger partial charge is 0.148 e. The van der Waals surface area contributed by atoms with Crippen LogP contribution in [0, 0.1) is 0 Å². The lowest BCUT2D eigenvalue weighted by molar-refractivity contribution is -0.0969. The lowest BCUT2D eigenvalue weighted by Gasteiger charge is -2.35. The molecule has 23 heavy (non-hydrogen) atoms. The highest BCUT2D eigenvalue weighted by Crippen LogP contribution is 2.40. The molecule has 3 aromatic carbocycles. The fraction of sp³-hybridized carbons (Fsp3) is 0.143. The topological polar surface area (TPSA) is 18.5 Å². The van der Waals surface area contributed by atoms with Gasteiger partial charge in [0, 0.05) is 7.11 Å². The summed E-state index contributed by atoms with van der Waals surface area (Å²) in [6, 6.07) is 30.8. The van der Waals surface area contributed by atoms with E-state index in [1.165, 1.54) is 0 Å². The fourth-order valence-corrected chi connectivity index (χ4v) is 2.92. The minimum absolute atomic E-state index is 0.207. The van der Waals surface area contributed by atoms with Crippen LogP contribution in [-0.2, 0) is 15.1 Å². The molecule has 0 spiro atoms. The molecule has 0 saturated heterocycles. The molecule has 0 heterocycles. The zero-order valence-corrected chi connectivity index (χ0v) is 13.2. The van der Waals surface area contributed by atoms with Crippen molar-refractivity contribution in [3.63, 3.8) is 0 Å². The van der Waals surface area contributed by atoms with Crippen molar-refractivity contribution in [1.82, 2.24) is 0 Å². The molecule has 2 nitrogen and oxygen atoms in total. The van der Waals surface area contributed by atoms with Gasteiger partial charge >= 0.3 is 0 Å². The van der Waals surface area contributed by atoms with E-state index in [9.17, 15) is 0 Å². The maximum absolute atomic E-state index is 6.31. The summed E-state index contributed by atoms with van der Waals surface area (Å²) in [6.45, 7) is 0.207. The van der Waals surface area contributed by atoms with Gasteiger partial charge < -0.3 is 9.47 Å². The van der Waals surface area contributed by atoms with Crippen molar-refractivity contribution in [3.05, 3.63) is 108 Å². The van der Waals surface area contributed by atoms with Gasteiger partial charge in [0.1, 0.15) is 12.4 Å². The first-order chi connectivity index (χ1) is 11.4. The van der Waals surface area contributed by atoms with E-state index in [1.54, 1.807) is 7.11 Å². The average molecular weight is 304 g/mol. The summed E-state index contributed by atoms with van der Waals surface area (Å²) in [4.78, 5) is 0. The first-order valence-corrected chi connectivity index (χ1v) is 7.67. The van der Waals surface area contributed by atoms with E-state index in [2.05, 4.69) is 36.4 Å². The molecular formula is C21H20O2. The molecule has 0 aliphatic heterocycles. The second-order valence-corrected chi connectivity index (χ2v) is 5.33. The van der Waals surface area contributed by atoms with Gasteiger partial charge in [-0.1, -0.05) is 91.0 Å². The van der Waals surface area contributed by atoms with Crippen LogP contribution < -0.4 is 0 Å². The number of hydrogen-bond donors (Lipinski definition) is 0. The zero-order valence-electron chi connectivity index (χ0n) is 13.2. The van der Waals surface area contributed by atoms with E-state index in [0.717, 1.165) is 16.7 Å². The van der Waals surface area contributed by atoms with Crippen LogP contribution in [0.2, 0.25) is 0 Å². The Morgan fingerprint density at radius 2 is 0.957 bits per heavy atom. The molecule has 0 fully saturated rings. The second kappa shape index (κ2) is 7.23. The van der Waals surface area contributed by atoms with E-state index in [0.29, 0.717) is 0 Å². The number of methoxy groups -OCH3 is 1. The van der Waals surface area contributed by atoms with Gasteiger partial charge in [-0.3, -0.25) is 0 Å². The third-order valence-electron chi connectivity index (χ3n) is 3.93. The molecule has 0 aliphatic rings. The van der Waals surface area contributed by atoms with Crippen molar-refractivity contribution >= 4 is 0 Å². The maximum Gasteiger partial charge on any atom is 0.148 e. The number of benzene rings is 3. The maximum atomic E-state index is 6.31. The predicted molar refractivity (Wildman–Crippen MR) is 92.2 cm³/mol. The third-order valence-corrected chi connectivity index (χ3v) is 3.93. The highest BCUT2D eigenvalue weighted by atomic mass is 16.7. The first kappa shape index (κ1) is 15.5. The van der Waals surface area contributed by atoms with Crippen molar-refractivity contribution in [2.24, 2.45) is 0 Å². The van der Waals surface area contributed by atoms with Crippen LogP contribution in [0.5, 0.6) is 0 Å². The van der Waals surface area contributed by atoms with Crippen LogP contribution in [0.25, 0.3) is 0 Å². The molecule has 0 amide bonds. The monoisotopic (exact) mass is 304 g/mol. The fourth-order valence-electron chi connectivity index (χ4n) is 2.92. The second-order valence-electron chi connectivity index (χ2n) is 5.33. The molecule has 0 aromatic heterocycles. The minimum Gasteiger partial charge on any atom is -0.359 e. The van der Waals surface area contributed by atoms with Crippen molar-refractivity contribution in [2.45, 2.75) is 5.60 Å². The number of rotatable bonds is 6. The Morgan fingerprint density at radius 1 is 0.609 bits per heavy atom. The lowest BCUT2D eigenvalue weighted by Crippen LogP contribution is -2.33. The SMILES string of the molecule is COCOC(c1ccccc1)(c1ccccc1)c1ccccc1. The number of ether oxygens (including phenoxy) is 2. The van der Waals surface area contributed by atoms with Gasteiger partial charge in [0.05, 0.1) is 0 Å².